The van der Waals surface area contributed by atoms with Crippen LogP contribution in [0.3, 0.4) is 0 Å². The zero-order valence-corrected chi connectivity index (χ0v) is 15.3. The lowest BCUT2D eigenvalue weighted by Crippen LogP contribution is -2.18. The van der Waals surface area contributed by atoms with Gasteiger partial charge in [0, 0.05) is 23.5 Å². The molecule has 2 aromatic carbocycles. The molecule has 2 amide bonds. The summed E-state index contributed by atoms with van der Waals surface area (Å²) in [6.07, 6.45) is -2.33. The number of fused-ring (bicyclic) bond motifs is 1. The van der Waals surface area contributed by atoms with E-state index in [4.69, 9.17) is 0 Å². The summed E-state index contributed by atoms with van der Waals surface area (Å²) in [5, 5.41) is 2.89. The molecule has 1 unspecified atom stereocenters. The molecule has 144 valence electrons. The molecule has 0 radical (unpaired) electrons. The third-order valence-electron chi connectivity index (χ3n) is 4.58. The van der Waals surface area contributed by atoms with Crippen LogP contribution in [0.25, 0.3) is 10.9 Å². The molecule has 1 aromatic heterocycles. The average molecular weight is 404 g/mol. The van der Waals surface area contributed by atoms with Crippen LogP contribution in [-0.2, 0) is 17.4 Å². The second-order valence-corrected chi connectivity index (χ2v) is 8.34. The van der Waals surface area contributed by atoms with E-state index in [9.17, 15) is 22.8 Å². The summed E-state index contributed by atoms with van der Waals surface area (Å²) in [7, 11) is -0.973. The average Bonchev–Trinajstić information content (AvgIpc) is 3.25. The number of carbonyl (C=O) groups is 2. The van der Waals surface area contributed by atoms with Crippen LogP contribution in [0.1, 0.15) is 16.7 Å². The van der Waals surface area contributed by atoms with Gasteiger partial charge in [-0.15, -0.1) is 0 Å². The van der Waals surface area contributed by atoms with Crippen LogP contribution < -0.4 is 5.32 Å². The van der Waals surface area contributed by atoms with Gasteiger partial charge in [-0.05, 0) is 40.3 Å². The minimum atomic E-state index is -4.40. The second kappa shape index (κ2) is 6.94. The van der Waals surface area contributed by atoms with E-state index >= 15 is 0 Å². The molecule has 4 rings (SSSR count). The number of benzene rings is 2. The number of hydrogen-bond acceptors (Lipinski definition) is 2. The van der Waals surface area contributed by atoms with Crippen molar-refractivity contribution in [2.75, 3.05) is 5.75 Å². The van der Waals surface area contributed by atoms with Gasteiger partial charge in [-0.1, -0.05) is 34.7 Å². The Hall–Kier alpha value is -2.87. The molecule has 1 aliphatic rings. The molecular formula is C20H15F3N2O2S. The molecule has 2 heterocycles. The van der Waals surface area contributed by atoms with Crippen molar-refractivity contribution in [1.29, 1.82) is 0 Å². The van der Waals surface area contributed by atoms with Crippen LogP contribution in [-0.4, -0.2) is 26.7 Å². The summed E-state index contributed by atoms with van der Waals surface area (Å²) in [5.74, 6) is -0.269. The van der Waals surface area contributed by atoms with Gasteiger partial charge in [0.25, 0.3) is 5.24 Å². The number of imide groups is 1. The number of aromatic amines is 1. The van der Waals surface area contributed by atoms with Gasteiger partial charge in [0.1, 0.15) is 0 Å². The van der Waals surface area contributed by atoms with Crippen molar-refractivity contribution < 1.29 is 22.8 Å². The highest BCUT2D eigenvalue weighted by Gasteiger charge is 2.30. The first-order valence-electron chi connectivity index (χ1n) is 8.46. The number of H-pyrrole nitrogens is 1. The van der Waals surface area contributed by atoms with Gasteiger partial charge < -0.3 is 4.98 Å². The molecule has 1 atom stereocenters. The van der Waals surface area contributed by atoms with E-state index in [1.165, 1.54) is 12.1 Å². The quantitative estimate of drug-likeness (QED) is 0.500. The molecule has 2 N–H and O–H groups in total. The Bertz CT molecular complexity index is 1110. The maximum Gasteiger partial charge on any atom is 0.416 e. The van der Waals surface area contributed by atoms with Crippen molar-refractivity contribution in [3.63, 3.8) is 0 Å². The zero-order chi connectivity index (χ0) is 19.9. The Kier molecular flexibility index (Phi) is 4.58. The van der Waals surface area contributed by atoms with E-state index in [-0.39, 0.29) is 23.3 Å². The molecule has 0 saturated carbocycles. The predicted molar refractivity (Wildman–Crippen MR) is 104 cm³/mol. The number of hydrogen-bond donors (Lipinski definition) is 2. The Morgan fingerprint density at radius 1 is 1.04 bits per heavy atom. The lowest BCUT2D eigenvalue weighted by molar-refractivity contribution is -0.137. The van der Waals surface area contributed by atoms with Crippen molar-refractivity contribution in [2.45, 2.75) is 12.6 Å². The fourth-order valence-corrected chi connectivity index (χ4v) is 5.13. The van der Waals surface area contributed by atoms with Gasteiger partial charge in [-0.3, -0.25) is 14.9 Å². The minimum Gasteiger partial charge on any atom is -0.361 e. The van der Waals surface area contributed by atoms with Crippen LogP contribution in [0.2, 0.25) is 0 Å². The first-order valence-corrected chi connectivity index (χ1v) is 9.85. The molecule has 8 heteroatoms. The second-order valence-electron chi connectivity index (χ2n) is 6.41. The Morgan fingerprint density at radius 2 is 1.79 bits per heavy atom. The lowest BCUT2D eigenvalue weighted by atomic mass is 10.0. The van der Waals surface area contributed by atoms with Gasteiger partial charge in [0.05, 0.1) is 11.3 Å². The number of rotatable bonds is 3. The molecule has 0 bridgehead atoms. The van der Waals surface area contributed by atoms with Crippen molar-refractivity contribution in [2.24, 2.45) is 0 Å². The topological polar surface area (TPSA) is 62.0 Å². The summed E-state index contributed by atoms with van der Waals surface area (Å²) >= 11 is 0. The highest BCUT2D eigenvalue weighted by Crippen LogP contribution is 2.32. The minimum absolute atomic E-state index is 0.0651. The fraction of sp³-hybridized carbons (Fsp3) is 0.150. The number of alkyl halides is 3. The molecule has 1 aliphatic heterocycles. The summed E-state index contributed by atoms with van der Waals surface area (Å²) < 4.78 is 38.5. The van der Waals surface area contributed by atoms with E-state index in [0.717, 1.165) is 33.5 Å². The molecule has 0 spiro atoms. The molecule has 1 saturated heterocycles. The predicted octanol–water partition coefficient (Wildman–Crippen LogP) is 4.47. The smallest absolute Gasteiger partial charge is 0.361 e. The van der Waals surface area contributed by atoms with Gasteiger partial charge in [0.15, 0.2) is 0 Å². The maximum atomic E-state index is 12.8. The van der Waals surface area contributed by atoms with E-state index in [0.29, 0.717) is 5.56 Å². The molecule has 1 fully saturated rings. The largest absolute Gasteiger partial charge is 0.416 e. The summed E-state index contributed by atoms with van der Waals surface area (Å²) in [5.41, 5.74) is 1.64. The number of carbonyl (C=O) groups excluding carboxylic acids is 2. The van der Waals surface area contributed by atoms with Gasteiger partial charge in [0.2, 0.25) is 5.91 Å². The standard InChI is InChI=1S/C20H15F3N2O2S/c21-20(22,23)13-6-4-12(5-7-13)10-17(28-11-18(26)25-19(28)27)15-2-1-3-16-14(15)8-9-24-16/h1-9,24H,10-11H2,(H,25,26,27). The number of nitrogens with one attached hydrogen (secondary N) is 2. The van der Waals surface area contributed by atoms with Crippen molar-refractivity contribution in [3.05, 3.63) is 71.4 Å². The number of amides is 2. The van der Waals surface area contributed by atoms with Crippen LogP contribution in [0.15, 0.2) is 54.7 Å². The Balaban J connectivity index is 1.81. The van der Waals surface area contributed by atoms with Crippen LogP contribution in [0, 0.1) is 0 Å². The molecule has 3 aromatic rings. The van der Waals surface area contributed by atoms with Gasteiger partial charge in [-0.25, -0.2) is 0 Å². The normalized spacial score (nSPS) is 17.8. The highest BCUT2D eigenvalue weighted by molar-refractivity contribution is 8.29. The van der Waals surface area contributed by atoms with Crippen LogP contribution in [0.5, 0.6) is 0 Å². The van der Waals surface area contributed by atoms with E-state index in [1.807, 2.05) is 24.3 Å². The van der Waals surface area contributed by atoms with Gasteiger partial charge in [-0.2, -0.15) is 13.2 Å². The number of halogens is 3. The van der Waals surface area contributed by atoms with Gasteiger partial charge >= 0.3 is 6.18 Å². The maximum absolute atomic E-state index is 12.8. The first-order chi connectivity index (χ1) is 13.3. The third-order valence-corrected chi connectivity index (χ3v) is 6.64. The van der Waals surface area contributed by atoms with E-state index in [1.54, 1.807) is 6.20 Å². The van der Waals surface area contributed by atoms with Crippen molar-refractivity contribution in [3.8, 4) is 0 Å². The molecule has 0 aliphatic carbocycles. The van der Waals surface area contributed by atoms with E-state index in [2.05, 4.69) is 10.3 Å². The molecular weight excluding hydrogens is 389 g/mol. The highest BCUT2D eigenvalue weighted by atomic mass is 32.2. The Labute approximate surface area is 160 Å². The van der Waals surface area contributed by atoms with Crippen molar-refractivity contribution in [1.82, 2.24) is 10.3 Å². The van der Waals surface area contributed by atoms with E-state index < -0.39 is 22.2 Å². The lowest BCUT2D eigenvalue weighted by Gasteiger charge is -2.14. The number of aromatic nitrogens is 1. The third kappa shape index (κ3) is 3.47. The van der Waals surface area contributed by atoms with Crippen LogP contribution in [0.4, 0.5) is 18.0 Å². The van der Waals surface area contributed by atoms with Crippen LogP contribution >= 0.6 is 10.5 Å². The first kappa shape index (κ1) is 18.5. The summed E-state index contributed by atoms with van der Waals surface area (Å²) in [6, 6.07) is 12.4. The zero-order valence-electron chi connectivity index (χ0n) is 14.5. The molecule has 28 heavy (non-hydrogen) atoms. The SMILES string of the molecule is O=C1CS(=C(Cc2ccc(C(F)(F)F)cc2)c2cccc3[nH]ccc23)C(=O)N1. The van der Waals surface area contributed by atoms with Crippen molar-refractivity contribution >= 4 is 37.4 Å². The molecule has 4 nitrogen and oxygen atoms in total. The Morgan fingerprint density at radius 3 is 2.43 bits per heavy atom. The fourth-order valence-electron chi connectivity index (χ4n) is 3.25. The summed E-state index contributed by atoms with van der Waals surface area (Å²) in [6.45, 7) is 0. The summed E-state index contributed by atoms with van der Waals surface area (Å²) in [4.78, 5) is 28.0. The monoisotopic (exact) mass is 404 g/mol.